The second kappa shape index (κ2) is 7.12. The van der Waals surface area contributed by atoms with E-state index >= 15 is 0 Å². The summed E-state index contributed by atoms with van der Waals surface area (Å²) in [5, 5.41) is 8.96. The van der Waals surface area contributed by atoms with Crippen LogP contribution in [0.25, 0.3) is 0 Å². The molecule has 3 N–H and O–H groups in total. The Balaban J connectivity index is 2.04. The molecule has 1 aromatic carbocycles. The summed E-state index contributed by atoms with van der Waals surface area (Å²) in [5.74, 6) is 3.51. The Morgan fingerprint density at radius 2 is 2.08 bits per heavy atom. The lowest BCUT2D eigenvalue weighted by molar-refractivity contribution is -0.146. The van der Waals surface area contributed by atoms with Crippen LogP contribution >= 0.6 is 11.8 Å². The molecule has 0 radical (unpaired) electrons. The number of aromatic nitrogens is 3. The van der Waals surface area contributed by atoms with Crippen LogP contribution < -0.4 is 11.2 Å². The molecule has 24 heavy (non-hydrogen) atoms. The number of anilines is 1. The number of nitrogens with zero attached hydrogens (tertiary/aromatic N) is 3. The van der Waals surface area contributed by atoms with Crippen LogP contribution in [0.4, 0.5) is 18.9 Å². The molecule has 1 heterocycles. The third-order valence-corrected chi connectivity index (χ3v) is 4.20. The molecule has 6 nitrogen and oxygen atoms in total. The summed E-state index contributed by atoms with van der Waals surface area (Å²) in [6, 6.07) is 5.67. The molecule has 0 atom stereocenters. The average Bonchev–Trinajstić information content (AvgIpc) is 2.88. The number of amides is 1. The molecule has 0 aliphatic heterocycles. The van der Waals surface area contributed by atoms with Crippen molar-refractivity contribution in [3.05, 3.63) is 35.2 Å². The minimum absolute atomic E-state index is 0.134. The van der Waals surface area contributed by atoms with Crippen LogP contribution in [0.1, 0.15) is 23.9 Å². The Bertz CT molecular complexity index is 744. The van der Waals surface area contributed by atoms with Gasteiger partial charge in [0.25, 0.3) is 5.82 Å². The standard InChI is InChI=1S/C14H16F3N5OS/c1-3-9-6-4-5-8(2)11(9)19-10(23)7-24-13-21-20-12(22(13)18)14(15,16)17/h4-6H,3,7,18H2,1-2H3,(H,19,23). The van der Waals surface area contributed by atoms with Gasteiger partial charge in [-0.15, -0.1) is 10.2 Å². The van der Waals surface area contributed by atoms with Gasteiger partial charge in [0.1, 0.15) is 0 Å². The molecular formula is C14H16F3N5OS. The molecule has 2 rings (SSSR count). The van der Waals surface area contributed by atoms with Crippen LogP contribution in [0, 0.1) is 6.92 Å². The molecule has 0 aliphatic rings. The summed E-state index contributed by atoms with van der Waals surface area (Å²) in [7, 11) is 0. The number of rotatable bonds is 5. The highest BCUT2D eigenvalue weighted by atomic mass is 32.2. The lowest BCUT2D eigenvalue weighted by Gasteiger charge is -2.12. The van der Waals surface area contributed by atoms with Gasteiger partial charge in [-0.3, -0.25) is 4.79 Å². The van der Waals surface area contributed by atoms with Gasteiger partial charge in [-0.2, -0.15) is 13.2 Å². The predicted molar refractivity (Wildman–Crippen MR) is 85.1 cm³/mol. The minimum Gasteiger partial charge on any atom is -0.335 e. The highest BCUT2D eigenvalue weighted by Crippen LogP contribution is 2.29. The number of halogens is 3. The van der Waals surface area contributed by atoms with Crippen molar-refractivity contribution >= 4 is 23.4 Å². The molecule has 0 saturated carbocycles. The zero-order valence-electron chi connectivity index (χ0n) is 13.0. The van der Waals surface area contributed by atoms with E-state index in [1.807, 2.05) is 32.0 Å². The predicted octanol–water partition coefficient (Wildman–Crippen LogP) is 2.61. The first-order valence-electron chi connectivity index (χ1n) is 7.02. The summed E-state index contributed by atoms with van der Waals surface area (Å²) in [6.45, 7) is 3.84. The van der Waals surface area contributed by atoms with E-state index in [9.17, 15) is 18.0 Å². The molecule has 2 aromatic rings. The van der Waals surface area contributed by atoms with Crippen LogP contribution in [-0.2, 0) is 17.4 Å². The average molecular weight is 359 g/mol. The number of nitrogen functional groups attached to an aromatic ring is 1. The number of nitrogens with two attached hydrogens (primary N) is 1. The van der Waals surface area contributed by atoms with E-state index in [4.69, 9.17) is 5.84 Å². The molecular weight excluding hydrogens is 343 g/mol. The van der Waals surface area contributed by atoms with Gasteiger partial charge >= 0.3 is 6.18 Å². The number of benzene rings is 1. The summed E-state index contributed by atoms with van der Waals surface area (Å²) in [4.78, 5) is 12.1. The van der Waals surface area contributed by atoms with Crippen molar-refractivity contribution in [1.29, 1.82) is 0 Å². The van der Waals surface area contributed by atoms with Gasteiger partial charge in [0.05, 0.1) is 5.75 Å². The van der Waals surface area contributed by atoms with Gasteiger partial charge in [0, 0.05) is 5.69 Å². The van der Waals surface area contributed by atoms with Crippen molar-refractivity contribution in [1.82, 2.24) is 14.9 Å². The number of carbonyl (C=O) groups is 1. The fourth-order valence-electron chi connectivity index (χ4n) is 2.08. The van der Waals surface area contributed by atoms with Crippen molar-refractivity contribution < 1.29 is 18.0 Å². The Morgan fingerprint density at radius 3 is 2.67 bits per heavy atom. The van der Waals surface area contributed by atoms with Gasteiger partial charge in [0.2, 0.25) is 11.1 Å². The second-order valence-corrected chi connectivity index (χ2v) is 5.92. The number of hydrogen-bond acceptors (Lipinski definition) is 5. The number of carbonyl (C=O) groups excluding carboxylic acids is 1. The number of aryl methyl sites for hydroxylation is 2. The van der Waals surface area contributed by atoms with Gasteiger partial charge in [0.15, 0.2) is 0 Å². The van der Waals surface area contributed by atoms with E-state index in [2.05, 4.69) is 15.5 Å². The lowest BCUT2D eigenvalue weighted by Crippen LogP contribution is -2.22. The van der Waals surface area contributed by atoms with E-state index < -0.39 is 12.0 Å². The smallest absolute Gasteiger partial charge is 0.335 e. The van der Waals surface area contributed by atoms with E-state index in [0.717, 1.165) is 35.0 Å². The maximum atomic E-state index is 12.6. The summed E-state index contributed by atoms with van der Waals surface area (Å²) in [6.07, 6.45) is -3.95. The maximum absolute atomic E-state index is 12.6. The molecule has 0 unspecified atom stereocenters. The molecule has 10 heteroatoms. The lowest BCUT2D eigenvalue weighted by atomic mass is 10.1. The molecule has 0 fully saturated rings. The highest BCUT2D eigenvalue weighted by molar-refractivity contribution is 7.99. The molecule has 1 aromatic heterocycles. The fourth-order valence-corrected chi connectivity index (χ4v) is 2.73. The van der Waals surface area contributed by atoms with Gasteiger partial charge < -0.3 is 11.2 Å². The van der Waals surface area contributed by atoms with Crippen LogP contribution in [0.5, 0.6) is 0 Å². The zero-order chi connectivity index (χ0) is 17.9. The Hall–Kier alpha value is -2.23. The van der Waals surface area contributed by atoms with E-state index in [1.54, 1.807) is 0 Å². The van der Waals surface area contributed by atoms with Crippen molar-refractivity contribution in [2.75, 3.05) is 16.9 Å². The molecule has 0 saturated heterocycles. The fraction of sp³-hybridized carbons (Fsp3) is 0.357. The van der Waals surface area contributed by atoms with Gasteiger partial charge in [-0.05, 0) is 24.5 Å². The van der Waals surface area contributed by atoms with E-state index in [-0.39, 0.29) is 16.8 Å². The van der Waals surface area contributed by atoms with Crippen molar-refractivity contribution in [2.24, 2.45) is 0 Å². The summed E-state index contributed by atoms with van der Waals surface area (Å²) in [5.41, 5.74) is 2.61. The molecule has 130 valence electrons. The van der Waals surface area contributed by atoms with Crippen LogP contribution in [0.2, 0.25) is 0 Å². The third-order valence-electron chi connectivity index (χ3n) is 3.25. The SMILES string of the molecule is CCc1cccc(C)c1NC(=O)CSc1nnc(C(F)(F)F)n1N. The van der Waals surface area contributed by atoms with E-state index in [1.165, 1.54) is 0 Å². The first kappa shape index (κ1) is 18.1. The number of thioether (sulfide) groups is 1. The minimum atomic E-state index is -4.69. The van der Waals surface area contributed by atoms with Crippen LogP contribution in [0.15, 0.2) is 23.4 Å². The number of para-hydroxylation sites is 1. The van der Waals surface area contributed by atoms with Crippen molar-refractivity contribution in [2.45, 2.75) is 31.6 Å². The molecule has 1 amide bonds. The van der Waals surface area contributed by atoms with Crippen LogP contribution in [-0.4, -0.2) is 26.5 Å². The quantitative estimate of drug-likeness (QED) is 0.633. The maximum Gasteiger partial charge on any atom is 0.453 e. The third kappa shape index (κ3) is 3.99. The first-order valence-corrected chi connectivity index (χ1v) is 8.01. The second-order valence-electron chi connectivity index (χ2n) is 4.97. The zero-order valence-corrected chi connectivity index (χ0v) is 13.8. The number of alkyl halides is 3. The normalized spacial score (nSPS) is 11.5. The number of nitrogens with one attached hydrogen (secondary N) is 1. The largest absolute Gasteiger partial charge is 0.453 e. The molecule has 0 spiro atoms. The Kier molecular flexibility index (Phi) is 5.37. The summed E-state index contributed by atoms with van der Waals surface area (Å²) < 4.78 is 38.1. The Labute approximate surface area is 140 Å². The molecule has 0 bridgehead atoms. The highest BCUT2D eigenvalue weighted by Gasteiger charge is 2.38. The first-order chi connectivity index (χ1) is 11.2. The van der Waals surface area contributed by atoms with Crippen molar-refractivity contribution in [3.8, 4) is 0 Å². The van der Waals surface area contributed by atoms with Crippen molar-refractivity contribution in [3.63, 3.8) is 0 Å². The number of hydrogen-bond donors (Lipinski definition) is 2. The monoisotopic (exact) mass is 359 g/mol. The van der Waals surface area contributed by atoms with Crippen LogP contribution in [0.3, 0.4) is 0 Å². The topological polar surface area (TPSA) is 85.8 Å². The molecule has 0 aliphatic carbocycles. The summed E-state index contributed by atoms with van der Waals surface area (Å²) >= 11 is 0.783. The van der Waals surface area contributed by atoms with Gasteiger partial charge in [-0.1, -0.05) is 36.9 Å². The van der Waals surface area contributed by atoms with E-state index in [0.29, 0.717) is 4.68 Å². The Morgan fingerprint density at radius 1 is 1.38 bits per heavy atom. The van der Waals surface area contributed by atoms with Gasteiger partial charge in [-0.25, -0.2) is 4.68 Å².